The Kier molecular flexibility index (Phi) is 4.22. The molecule has 17 heavy (non-hydrogen) atoms. The van der Waals surface area contributed by atoms with Gasteiger partial charge in [0.1, 0.15) is 4.88 Å². The molecule has 1 amide bonds. The summed E-state index contributed by atoms with van der Waals surface area (Å²) in [5.74, 6) is 0.0393. The van der Waals surface area contributed by atoms with E-state index in [1.54, 1.807) is 6.92 Å². The van der Waals surface area contributed by atoms with Crippen molar-refractivity contribution in [1.82, 2.24) is 4.90 Å². The second-order valence-electron chi connectivity index (χ2n) is 4.40. The molecule has 1 aromatic rings. The first-order valence-corrected chi connectivity index (χ1v) is 7.50. The second-order valence-corrected chi connectivity index (χ2v) is 6.17. The quantitative estimate of drug-likeness (QED) is 0.911. The molecule has 0 aliphatic carbocycles. The van der Waals surface area contributed by atoms with Gasteiger partial charge in [0.05, 0.1) is 12.1 Å². The van der Waals surface area contributed by atoms with E-state index in [9.17, 15) is 9.90 Å². The van der Waals surface area contributed by atoms with Crippen molar-refractivity contribution in [3.05, 3.63) is 20.8 Å². The molecule has 2 heterocycles. The van der Waals surface area contributed by atoms with Crippen LogP contribution in [-0.4, -0.2) is 34.6 Å². The maximum absolute atomic E-state index is 12.4. The molecule has 0 spiro atoms. The molecular weight excluding hydrogens is 302 g/mol. The van der Waals surface area contributed by atoms with Gasteiger partial charge in [0.2, 0.25) is 0 Å². The summed E-state index contributed by atoms with van der Waals surface area (Å²) in [5, 5.41) is 11.7. The molecule has 0 aromatic carbocycles. The molecule has 94 valence electrons. The smallest absolute Gasteiger partial charge is 0.265 e. The van der Waals surface area contributed by atoms with Crippen LogP contribution >= 0.6 is 27.3 Å². The lowest BCUT2D eigenvalue weighted by molar-refractivity contribution is 0.0284. The maximum atomic E-state index is 12.4. The van der Waals surface area contributed by atoms with E-state index in [1.807, 2.05) is 16.3 Å². The lowest BCUT2D eigenvalue weighted by Crippen LogP contribution is -2.48. The molecule has 0 bridgehead atoms. The highest BCUT2D eigenvalue weighted by atomic mass is 79.9. The number of hydrogen-bond acceptors (Lipinski definition) is 3. The number of amides is 1. The molecule has 1 aromatic heterocycles. The molecule has 1 N–H and O–H groups in total. The molecule has 1 aliphatic rings. The molecule has 3 nitrogen and oxygen atoms in total. The SMILES string of the molecule is C[C@@H](O)[C@@H]1CCCCN1C(=O)c1sccc1Br. The minimum Gasteiger partial charge on any atom is -0.391 e. The molecule has 2 rings (SSSR count). The Labute approximate surface area is 114 Å². The number of piperidine rings is 1. The molecule has 0 unspecified atom stereocenters. The average molecular weight is 318 g/mol. The van der Waals surface area contributed by atoms with Crippen molar-refractivity contribution >= 4 is 33.2 Å². The number of aliphatic hydroxyl groups excluding tert-OH is 1. The molecule has 1 fully saturated rings. The van der Waals surface area contributed by atoms with Crippen LogP contribution in [0.4, 0.5) is 0 Å². The molecular formula is C12H16BrNO2S. The van der Waals surface area contributed by atoms with Gasteiger partial charge in [-0.15, -0.1) is 11.3 Å². The van der Waals surface area contributed by atoms with Gasteiger partial charge in [-0.1, -0.05) is 0 Å². The van der Waals surface area contributed by atoms with E-state index in [-0.39, 0.29) is 11.9 Å². The van der Waals surface area contributed by atoms with Gasteiger partial charge >= 0.3 is 0 Å². The van der Waals surface area contributed by atoms with Gasteiger partial charge in [-0.3, -0.25) is 4.79 Å². The summed E-state index contributed by atoms with van der Waals surface area (Å²) in [6.07, 6.45) is 2.55. The van der Waals surface area contributed by atoms with Crippen LogP contribution in [0.5, 0.6) is 0 Å². The van der Waals surface area contributed by atoms with Crippen LogP contribution in [0.25, 0.3) is 0 Å². The standard InChI is InChI=1S/C12H16BrNO2S/c1-8(15)10-4-2-3-6-14(10)12(16)11-9(13)5-7-17-11/h5,7-8,10,15H,2-4,6H2,1H3/t8-,10+/m1/s1. The van der Waals surface area contributed by atoms with E-state index in [4.69, 9.17) is 0 Å². The van der Waals surface area contributed by atoms with Crippen LogP contribution in [0.15, 0.2) is 15.9 Å². The Bertz CT molecular complexity index is 405. The number of hydrogen-bond donors (Lipinski definition) is 1. The second kappa shape index (κ2) is 5.50. The fourth-order valence-corrected chi connectivity index (χ4v) is 3.78. The van der Waals surface area contributed by atoms with Crippen molar-refractivity contribution in [2.75, 3.05) is 6.54 Å². The fourth-order valence-electron chi connectivity index (χ4n) is 2.29. The molecule has 5 heteroatoms. The van der Waals surface area contributed by atoms with E-state index >= 15 is 0 Å². The number of likely N-dealkylation sites (tertiary alicyclic amines) is 1. The summed E-state index contributed by atoms with van der Waals surface area (Å²) in [7, 11) is 0. The fraction of sp³-hybridized carbons (Fsp3) is 0.583. The van der Waals surface area contributed by atoms with Crippen molar-refractivity contribution in [2.45, 2.75) is 38.3 Å². The number of thiophene rings is 1. The van der Waals surface area contributed by atoms with Crippen molar-refractivity contribution in [2.24, 2.45) is 0 Å². The Balaban J connectivity index is 2.20. The predicted molar refractivity (Wildman–Crippen MR) is 72.4 cm³/mol. The summed E-state index contributed by atoms with van der Waals surface area (Å²) < 4.78 is 0.849. The van der Waals surface area contributed by atoms with Crippen LogP contribution in [0.1, 0.15) is 35.9 Å². The molecule has 1 aliphatic heterocycles. The first kappa shape index (κ1) is 13.1. The topological polar surface area (TPSA) is 40.5 Å². The zero-order chi connectivity index (χ0) is 12.4. The van der Waals surface area contributed by atoms with E-state index in [1.165, 1.54) is 11.3 Å². The van der Waals surface area contributed by atoms with Crippen LogP contribution in [0.2, 0.25) is 0 Å². The van der Waals surface area contributed by atoms with Crippen LogP contribution < -0.4 is 0 Å². The summed E-state index contributed by atoms with van der Waals surface area (Å²) >= 11 is 4.84. The van der Waals surface area contributed by atoms with Gasteiger partial charge in [0, 0.05) is 11.0 Å². The zero-order valence-electron chi connectivity index (χ0n) is 9.73. The van der Waals surface area contributed by atoms with Crippen molar-refractivity contribution < 1.29 is 9.90 Å². The molecule has 0 radical (unpaired) electrons. The Morgan fingerprint density at radius 3 is 3.00 bits per heavy atom. The third-order valence-corrected chi connectivity index (χ3v) is 5.00. The van der Waals surface area contributed by atoms with Crippen LogP contribution in [-0.2, 0) is 0 Å². The monoisotopic (exact) mass is 317 g/mol. The molecule has 1 saturated heterocycles. The highest BCUT2D eigenvalue weighted by molar-refractivity contribution is 9.10. The third kappa shape index (κ3) is 2.72. The normalized spacial score (nSPS) is 22.5. The number of carbonyl (C=O) groups excluding carboxylic acids is 1. The highest BCUT2D eigenvalue weighted by Gasteiger charge is 2.31. The van der Waals surface area contributed by atoms with Gasteiger partial charge in [-0.2, -0.15) is 0 Å². The largest absolute Gasteiger partial charge is 0.391 e. The number of rotatable bonds is 2. The first-order chi connectivity index (χ1) is 8.11. The lowest BCUT2D eigenvalue weighted by atomic mass is 9.98. The Morgan fingerprint density at radius 2 is 2.41 bits per heavy atom. The zero-order valence-corrected chi connectivity index (χ0v) is 12.1. The summed E-state index contributed by atoms with van der Waals surface area (Å²) in [4.78, 5) is 14.9. The van der Waals surface area contributed by atoms with E-state index in [2.05, 4.69) is 15.9 Å². The highest BCUT2D eigenvalue weighted by Crippen LogP contribution is 2.28. The summed E-state index contributed by atoms with van der Waals surface area (Å²) in [6.45, 7) is 2.51. The van der Waals surface area contributed by atoms with Crippen molar-refractivity contribution in [3.63, 3.8) is 0 Å². The minimum absolute atomic E-state index is 0.0368. The summed E-state index contributed by atoms with van der Waals surface area (Å²) in [6, 6.07) is 1.85. The Hall–Kier alpha value is -0.390. The lowest BCUT2D eigenvalue weighted by Gasteiger charge is -2.37. The van der Waals surface area contributed by atoms with Gasteiger partial charge in [-0.05, 0) is 53.6 Å². The molecule has 0 saturated carbocycles. The minimum atomic E-state index is -0.460. The van der Waals surface area contributed by atoms with E-state index < -0.39 is 6.10 Å². The number of aliphatic hydroxyl groups is 1. The number of nitrogens with zero attached hydrogens (tertiary/aromatic N) is 1. The third-order valence-electron chi connectivity index (χ3n) is 3.18. The van der Waals surface area contributed by atoms with Crippen molar-refractivity contribution in [1.29, 1.82) is 0 Å². The first-order valence-electron chi connectivity index (χ1n) is 5.83. The number of halogens is 1. The van der Waals surface area contributed by atoms with Gasteiger partial charge < -0.3 is 10.0 Å². The van der Waals surface area contributed by atoms with Crippen LogP contribution in [0, 0.1) is 0 Å². The average Bonchev–Trinajstić information content (AvgIpc) is 2.74. The molecule has 2 atom stereocenters. The van der Waals surface area contributed by atoms with Crippen molar-refractivity contribution in [3.8, 4) is 0 Å². The van der Waals surface area contributed by atoms with E-state index in [0.717, 1.165) is 35.2 Å². The van der Waals surface area contributed by atoms with Gasteiger partial charge in [0.15, 0.2) is 0 Å². The summed E-state index contributed by atoms with van der Waals surface area (Å²) in [5.41, 5.74) is 0. The maximum Gasteiger partial charge on any atom is 0.265 e. The van der Waals surface area contributed by atoms with Crippen LogP contribution in [0.3, 0.4) is 0 Å². The van der Waals surface area contributed by atoms with E-state index in [0.29, 0.717) is 0 Å². The predicted octanol–water partition coefficient (Wildman–Crippen LogP) is 2.89. The number of carbonyl (C=O) groups is 1. The van der Waals surface area contributed by atoms with Gasteiger partial charge in [0.25, 0.3) is 5.91 Å². The Morgan fingerprint density at radius 1 is 1.65 bits per heavy atom. The van der Waals surface area contributed by atoms with Gasteiger partial charge in [-0.25, -0.2) is 0 Å².